The molecule has 2 fully saturated rings. The highest BCUT2D eigenvalue weighted by atomic mass is 35.5. The summed E-state index contributed by atoms with van der Waals surface area (Å²) >= 11 is 0. The zero-order valence-electron chi connectivity index (χ0n) is 11.4. The molecular weight excluding hydrogens is 252 g/mol. The van der Waals surface area contributed by atoms with Gasteiger partial charge in [-0.3, -0.25) is 4.79 Å². The number of carbonyl (C=O) groups excluding carboxylic acids is 1. The highest BCUT2D eigenvalue weighted by Crippen LogP contribution is 2.29. The SMILES string of the molecule is CC1(C)CN(C(=O)COCC2CC2)CCC1N.Cl. The molecule has 1 saturated carbocycles. The zero-order valence-corrected chi connectivity index (χ0v) is 12.2. The Bertz CT molecular complexity index is 293. The van der Waals surface area contributed by atoms with Gasteiger partial charge in [0.1, 0.15) is 6.61 Å². The van der Waals surface area contributed by atoms with E-state index in [1.165, 1.54) is 12.8 Å². The summed E-state index contributed by atoms with van der Waals surface area (Å²) in [7, 11) is 0. The molecule has 0 aromatic carbocycles. The van der Waals surface area contributed by atoms with E-state index in [1.807, 2.05) is 4.90 Å². The lowest BCUT2D eigenvalue weighted by Crippen LogP contribution is -2.54. The van der Waals surface area contributed by atoms with Crippen molar-refractivity contribution in [1.82, 2.24) is 4.90 Å². The van der Waals surface area contributed by atoms with E-state index in [0.29, 0.717) is 5.92 Å². The van der Waals surface area contributed by atoms with E-state index in [9.17, 15) is 4.79 Å². The van der Waals surface area contributed by atoms with Crippen LogP contribution < -0.4 is 5.73 Å². The van der Waals surface area contributed by atoms with Crippen LogP contribution in [0.15, 0.2) is 0 Å². The number of nitrogens with two attached hydrogens (primary N) is 1. The number of hydrogen-bond acceptors (Lipinski definition) is 3. The van der Waals surface area contributed by atoms with Gasteiger partial charge in [0.15, 0.2) is 0 Å². The fraction of sp³-hybridized carbons (Fsp3) is 0.923. The predicted octanol–water partition coefficient (Wildman–Crippen LogP) is 1.42. The molecule has 5 heteroatoms. The number of hydrogen-bond donors (Lipinski definition) is 1. The van der Waals surface area contributed by atoms with E-state index in [1.54, 1.807) is 0 Å². The molecule has 4 nitrogen and oxygen atoms in total. The summed E-state index contributed by atoms with van der Waals surface area (Å²) in [6.07, 6.45) is 3.42. The Balaban J connectivity index is 0.00000162. The molecule has 0 radical (unpaired) electrons. The lowest BCUT2D eigenvalue weighted by molar-refractivity contribution is -0.139. The number of halogens is 1. The molecule has 2 rings (SSSR count). The van der Waals surface area contributed by atoms with Gasteiger partial charge in [0.05, 0.1) is 6.61 Å². The van der Waals surface area contributed by atoms with Crippen LogP contribution >= 0.6 is 12.4 Å². The van der Waals surface area contributed by atoms with Gasteiger partial charge in [0.25, 0.3) is 0 Å². The number of carbonyl (C=O) groups is 1. The van der Waals surface area contributed by atoms with Crippen molar-refractivity contribution in [2.75, 3.05) is 26.3 Å². The Labute approximate surface area is 116 Å². The van der Waals surface area contributed by atoms with Crippen LogP contribution in [0.25, 0.3) is 0 Å². The summed E-state index contributed by atoms with van der Waals surface area (Å²) in [5, 5.41) is 0. The highest BCUT2D eigenvalue weighted by molar-refractivity contribution is 5.85. The molecule has 1 aliphatic carbocycles. The van der Waals surface area contributed by atoms with E-state index >= 15 is 0 Å². The molecule has 1 aliphatic heterocycles. The first-order chi connectivity index (χ1) is 7.99. The van der Waals surface area contributed by atoms with E-state index in [-0.39, 0.29) is 36.4 Å². The number of likely N-dealkylation sites (tertiary alicyclic amines) is 1. The fourth-order valence-electron chi connectivity index (χ4n) is 2.28. The third kappa shape index (κ3) is 4.11. The first kappa shape index (κ1) is 15.7. The average Bonchev–Trinajstić information content (AvgIpc) is 3.06. The number of ether oxygens (including phenoxy) is 1. The Morgan fingerprint density at radius 2 is 2.06 bits per heavy atom. The lowest BCUT2D eigenvalue weighted by atomic mass is 9.80. The Morgan fingerprint density at radius 3 is 2.61 bits per heavy atom. The number of nitrogens with zero attached hydrogens (tertiary/aromatic N) is 1. The van der Waals surface area contributed by atoms with Crippen LogP contribution in [0.4, 0.5) is 0 Å². The van der Waals surface area contributed by atoms with Crippen molar-refractivity contribution < 1.29 is 9.53 Å². The van der Waals surface area contributed by atoms with Crippen molar-refractivity contribution in [1.29, 1.82) is 0 Å². The van der Waals surface area contributed by atoms with Crippen molar-refractivity contribution in [3.63, 3.8) is 0 Å². The van der Waals surface area contributed by atoms with Crippen molar-refractivity contribution in [3.8, 4) is 0 Å². The van der Waals surface area contributed by atoms with Crippen molar-refractivity contribution in [3.05, 3.63) is 0 Å². The molecule has 1 amide bonds. The fourth-order valence-corrected chi connectivity index (χ4v) is 2.28. The van der Waals surface area contributed by atoms with Gasteiger partial charge in [-0.25, -0.2) is 0 Å². The quantitative estimate of drug-likeness (QED) is 0.845. The maximum atomic E-state index is 12.0. The number of piperidine rings is 1. The van der Waals surface area contributed by atoms with Crippen LogP contribution in [0.2, 0.25) is 0 Å². The highest BCUT2D eigenvalue weighted by Gasteiger charge is 2.35. The third-order valence-electron chi connectivity index (χ3n) is 3.94. The van der Waals surface area contributed by atoms with Crippen LogP contribution in [0, 0.1) is 11.3 Å². The lowest BCUT2D eigenvalue weighted by Gasteiger charge is -2.42. The van der Waals surface area contributed by atoms with Crippen LogP contribution in [-0.2, 0) is 9.53 Å². The van der Waals surface area contributed by atoms with Crippen molar-refractivity contribution in [2.45, 2.75) is 39.2 Å². The summed E-state index contributed by atoms with van der Waals surface area (Å²) in [4.78, 5) is 13.9. The molecule has 1 saturated heterocycles. The van der Waals surface area contributed by atoms with Crippen LogP contribution in [0.3, 0.4) is 0 Å². The molecule has 2 aliphatic rings. The second kappa shape index (κ2) is 6.22. The van der Waals surface area contributed by atoms with Gasteiger partial charge in [-0.15, -0.1) is 12.4 Å². The summed E-state index contributed by atoms with van der Waals surface area (Å²) in [5.41, 5.74) is 6.07. The maximum absolute atomic E-state index is 12.0. The van der Waals surface area contributed by atoms with Gasteiger partial charge in [0.2, 0.25) is 5.91 Å². The Morgan fingerprint density at radius 1 is 1.39 bits per heavy atom. The first-order valence-corrected chi connectivity index (χ1v) is 6.60. The Kier molecular flexibility index (Phi) is 5.44. The van der Waals surface area contributed by atoms with Crippen LogP contribution in [-0.4, -0.2) is 43.2 Å². The standard InChI is InChI=1S/C13H24N2O2.ClH/c1-13(2)9-15(6-5-11(13)14)12(16)8-17-7-10-3-4-10;/h10-11H,3-9,14H2,1-2H3;1H. The minimum absolute atomic E-state index is 0. The van der Waals surface area contributed by atoms with Crippen molar-refractivity contribution >= 4 is 18.3 Å². The zero-order chi connectivity index (χ0) is 12.5. The van der Waals surface area contributed by atoms with Gasteiger partial charge < -0.3 is 15.4 Å². The molecule has 0 bridgehead atoms. The minimum atomic E-state index is 0. The Hall–Kier alpha value is -0.320. The van der Waals surface area contributed by atoms with E-state index in [4.69, 9.17) is 10.5 Å². The second-order valence-electron chi connectivity index (χ2n) is 6.16. The van der Waals surface area contributed by atoms with Gasteiger partial charge in [-0.1, -0.05) is 13.8 Å². The van der Waals surface area contributed by atoms with Gasteiger partial charge in [-0.05, 0) is 30.6 Å². The number of rotatable bonds is 4. The molecule has 0 spiro atoms. The minimum Gasteiger partial charge on any atom is -0.371 e. The summed E-state index contributed by atoms with van der Waals surface area (Å²) < 4.78 is 5.45. The van der Waals surface area contributed by atoms with Crippen molar-refractivity contribution in [2.24, 2.45) is 17.1 Å². The van der Waals surface area contributed by atoms with Gasteiger partial charge in [-0.2, -0.15) is 0 Å². The third-order valence-corrected chi connectivity index (χ3v) is 3.94. The topological polar surface area (TPSA) is 55.6 Å². The molecule has 1 unspecified atom stereocenters. The maximum Gasteiger partial charge on any atom is 0.248 e. The molecule has 2 N–H and O–H groups in total. The van der Waals surface area contributed by atoms with Gasteiger partial charge in [0, 0.05) is 19.1 Å². The van der Waals surface area contributed by atoms with Gasteiger partial charge >= 0.3 is 0 Å². The van der Waals surface area contributed by atoms with Crippen LogP contribution in [0.5, 0.6) is 0 Å². The molecule has 106 valence electrons. The predicted molar refractivity (Wildman–Crippen MR) is 73.7 cm³/mol. The molecule has 1 atom stereocenters. The summed E-state index contributed by atoms with van der Waals surface area (Å²) in [6, 6.07) is 0.193. The smallest absolute Gasteiger partial charge is 0.248 e. The molecule has 18 heavy (non-hydrogen) atoms. The molecule has 1 heterocycles. The van der Waals surface area contributed by atoms with Crippen LogP contribution in [0.1, 0.15) is 33.1 Å². The van der Waals surface area contributed by atoms with E-state index < -0.39 is 0 Å². The van der Waals surface area contributed by atoms with E-state index in [0.717, 1.165) is 26.1 Å². The molecular formula is C13H25ClN2O2. The first-order valence-electron chi connectivity index (χ1n) is 6.60. The summed E-state index contributed by atoms with van der Waals surface area (Å²) in [6.45, 7) is 6.77. The monoisotopic (exact) mass is 276 g/mol. The average molecular weight is 277 g/mol. The second-order valence-corrected chi connectivity index (χ2v) is 6.16. The summed E-state index contributed by atoms with van der Waals surface area (Å²) in [5.74, 6) is 0.833. The largest absolute Gasteiger partial charge is 0.371 e. The molecule has 0 aromatic heterocycles. The van der Waals surface area contributed by atoms with E-state index in [2.05, 4.69) is 13.8 Å². The molecule has 0 aromatic rings. The normalized spacial score (nSPS) is 26.6. The number of amides is 1.